The van der Waals surface area contributed by atoms with Gasteiger partial charge in [0.15, 0.2) is 0 Å². The van der Waals surface area contributed by atoms with E-state index in [2.05, 4.69) is 10.3 Å². The minimum absolute atomic E-state index is 0.0103. The molecule has 1 fully saturated rings. The number of hydrogen-bond acceptors (Lipinski definition) is 6. The molecule has 0 aromatic heterocycles. The highest BCUT2D eigenvalue weighted by molar-refractivity contribution is 6.47. The summed E-state index contributed by atoms with van der Waals surface area (Å²) in [5.74, 6) is -0.712. The molecule has 180 valence electrons. The molecular weight excluding hydrogens is 457 g/mol. The molecule has 7 nitrogen and oxygen atoms in total. The molecule has 1 amide bonds. The van der Waals surface area contributed by atoms with Crippen LogP contribution in [0.5, 0.6) is 0 Å². The Hall–Kier alpha value is -2.81. The van der Waals surface area contributed by atoms with Crippen LogP contribution in [-0.2, 0) is 0 Å². The Balaban J connectivity index is 1.51. The number of nitrogens with two attached hydrogens (primary N) is 2. The summed E-state index contributed by atoms with van der Waals surface area (Å²) in [5, 5.41) is 12.9. The van der Waals surface area contributed by atoms with Crippen LogP contribution in [0.15, 0.2) is 52.4 Å². The molecule has 2 aliphatic rings. The van der Waals surface area contributed by atoms with Crippen molar-refractivity contribution in [2.24, 2.45) is 27.4 Å². The van der Waals surface area contributed by atoms with E-state index in [-0.39, 0.29) is 30.1 Å². The molecule has 6 N–H and O–H groups in total. The Morgan fingerprint density at radius 2 is 1.97 bits per heavy atom. The smallest absolute Gasteiger partial charge is 0.254 e. The van der Waals surface area contributed by atoms with Crippen molar-refractivity contribution in [3.8, 4) is 0 Å². The Kier molecular flexibility index (Phi) is 7.60. The maximum Gasteiger partial charge on any atom is 0.254 e. The SMILES string of the molecule is NC1=NCC([C@H]2CC[C@H](N)CC2)N=C1c1ccc(C(=O)N[C@H](CO)c2cccc(Cl)c2)c(F)c1. The summed E-state index contributed by atoms with van der Waals surface area (Å²) in [4.78, 5) is 22.0. The van der Waals surface area contributed by atoms with Gasteiger partial charge < -0.3 is 21.9 Å². The number of amidine groups is 1. The lowest BCUT2D eigenvalue weighted by Gasteiger charge is -2.31. The van der Waals surface area contributed by atoms with E-state index < -0.39 is 17.8 Å². The Morgan fingerprint density at radius 3 is 2.65 bits per heavy atom. The van der Waals surface area contributed by atoms with E-state index in [0.717, 1.165) is 25.7 Å². The first-order valence-electron chi connectivity index (χ1n) is 11.5. The third-order valence-electron chi connectivity index (χ3n) is 6.57. The number of aliphatic hydroxyl groups excluding tert-OH is 1. The van der Waals surface area contributed by atoms with Crippen molar-refractivity contribution < 1.29 is 14.3 Å². The first kappa shape index (κ1) is 24.3. The molecule has 0 bridgehead atoms. The second-order valence-electron chi connectivity index (χ2n) is 8.90. The van der Waals surface area contributed by atoms with Crippen LogP contribution in [-0.4, -0.2) is 47.8 Å². The van der Waals surface area contributed by atoms with Gasteiger partial charge in [0, 0.05) is 16.6 Å². The molecular formula is C25H29ClFN5O2. The predicted octanol–water partition coefficient (Wildman–Crippen LogP) is 2.99. The van der Waals surface area contributed by atoms with Crippen LogP contribution in [0.1, 0.15) is 53.2 Å². The second kappa shape index (κ2) is 10.6. The van der Waals surface area contributed by atoms with Crippen molar-refractivity contribution in [2.75, 3.05) is 13.2 Å². The van der Waals surface area contributed by atoms with Gasteiger partial charge in [-0.15, -0.1) is 0 Å². The minimum Gasteiger partial charge on any atom is -0.394 e. The first-order valence-corrected chi connectivity index (χ1v) is 11.8. The highest BCUT2D eigenvalue weighted by Gasteiger charge is 2.29. The fourth-order valence-corrected chi connectivity index (χ4v) is 4.79. The fraction of sp³-hybridized carbons (Fsp3) is 0.400. The van der Waals surface area contributed by atoms with E-state index >= 15 is 4.39 Å². The number of rotatable bonds is 6. The molecule has 0 spiro atoms. The monoisotopic (exact) mass is 485 g/mol. The van der Waals surface area contributed by atoms with E-state index in [4.69, 9.17) is 28.1 Å². The molecule has 9 heteroatoms. The number of carbonyl (C=O) groups excluding carboxylic acids is 1. The molecule has 4 rings (SSSR count). The summed E-state index contributed by atoms with van der Waals surface area (Å²) in [6, 6.07) is 10.6. The van der Waals surface area contributed by atoms with Crippen molar-refractivity contribution in [2.45, 2.75) is 43.8 Å². The van der Waals surface area contributed by atoms with Gasteiger partial charge in [0.1, 0.15) is 17.4 Å². The summed E-state index contributed by atoms with van der Waals surface area (Å²) in [5.41, 5.74) is 13.5. The van der Waals surface area contributed by atoms with E-state index in [1.54, 1.807) is 30.3 Å². The molecule has 1 heterocycles. The molecule has 2 atom stereocenters. The van der Waals surface area contributed by atoms with Crippen LogP contribution in [0.2, 0.25) is 5.02 Å². The molecule has 1 saturated carbocycles. The summed E-state index contributed by atoms with van der Waals surface area (Å²) < 4.78 is 15.0. The zero-order valence-corrected chi connectivity index (χ0v) is 19.5. The van der Waals surface area contributed by atoms with Crippen molar-refractivity contribution in [1.82, 2.24) is 5.32 Å². The van der Waals surface area contributed by atoms with Gasteiger partial charge in [0.2, 0.25) is 0 Å². The van der Waals surface area contributed by atoms with Crippen LogP contribution in [0, 0.1) is 11.7 Å². The lowest BCUT2D eigenvalue weighted by molar-refractivity contribution is 0.0912. The van der Waals surface area contributed by atoms with Crippen molar-refractivity contribution in [3.05, 3.63) is 70.0 Å². The van der Waals surface area contributed by atoms with Gasteiger partial charge in [-0.2, -0.15) is 0 Å². The highest BCUT2D eigenvalue weighted by Crippen LogP contribution is 2.29. The van der Waals surface area contributed by atoms with Gasteiger partial charge in [-0.25, -0.2) is 4.39 Å². The van der Waals surface area contributed by atoms with Crippen molar-refractivity contribution in [3.63, 3.8) is 0 Å². The van der Waals surface area contributed by atoms with Crippen LogP contribution < -0.4 is 16.8 Å². The van der Waals surface area contributed by atoms with E-state index in [9.17, 15) is 9.90 Å². The highest BCUT2D eigenvalue weighted by atomic mass is 35.5. The zero-order chi connectivity index (χ0) is 24.2. The third kappa shape index (κ3) is 5.46. The van der Waals surface area contributed by atoms with E-state index in [1.807, 2.05) is 0 Å². The normalized spacial score (nSPS) is 23.6. The lowest BCUT2D eigenvalue weighted by Crippen LogP contribution is -2.38. The number of aliphatic hydroxyl groups is 1. The number of nitrogens with one attached hydrogen (secondary N) is 1. The number of aliphatic imine (C=N–C) groups is 2. The Morgan fingerprint density at radius 1 is 1.21 bits per heavy atom. The molecule has 2 aromatic carbocycles. The quantitative estimate of drug-likeness (QED) is 0.501. The molecule has 1 aliphatic heterocycles. The van der Waals surface area contributed by atoms with Crippen LogP contribution in [0.3, 0.4) is 0 Å². The van der Waals surface area contributed by atoms with Gasteiger partial charge in [-0.3, -0.25) is 14.8 Å². The number of amides is 1. The van der Waals surface area contributed by atoms with Gasteiger partial charge in [0.05, 0.1) is 30.8 Å². The van der Waals surface area contributed by atoms with Crippen molar-refractivity contribution in [1.29, 1.82) is 0 Å². The molecule has 34 heavy (non-hydrogen) atoms. The number of halogens is 2. The standard InChI is InChI=1S/C25H29ClFN5O2/c26-17-3-1-2-15(10-17)22(13-33)32-25(34)19-9-6-16(11-20(19)27)23-24(29)30-12-21(31-23)14-4-7-18(28)8-5-14/h1-3,6,9-11,14,18,21-22,33H,4-5,7-8,12-13,28H2,(H2,29,30)(H,32,34)/t14-,18-,21?,22-/m1/s1. The van der Waals surface area contributed by atoms with Gasteiger partial charge in [0.25, 0.3) is 5.91 Å². The first-order chi connectivity index (χ1) is 16.4. The average molecular weight is 486 g/mol. The number of hydrogen-bond donors (Lipinski definition) is 4. The maximum absolute atomic E-state index is 15.0. The summed E-state index contributed by atoms with van der Waals surface area (Å²) >= 11 is 6.00. The summed E-state index contributed by atoms with van der Waals surface area (Å²) in [6.07, 6.45) is 3.91. The minimum atomic E-state index is -0.722. The number of carbonyl (C=O) groups is 1. The predicted molar refractivity (Wildman–Crippen MR) is 132 cm³/mol. The third-order valence-corrected chi connectivity index (χ3v) is 6.81. The molecule has 1 aliphatic carbocycles. The van der Waals surface area contributed by atoms with E-state index in [1.165, 1.54) is 12.1 Å². The van der Waals surface area contributed by atoms with Gasteiger partial charge >= 0.3 is 0 Å². The molecule has 1 unspecified atom stereocenters. The Labute approximate surface area is 203 Å². The average Bonchev–Trinajstić information content (AvgIpc) is 2.83. The van der Waals surface area contributed by atoms with Crippen molar-refractivity contribution >= 4 is 29.1 Å². The van der Waals surface area contributed by atoms with E-state index in [0.29, 0.717) is 34.3 Å². The largest absolute Gasteiger partial charge is 0.394 e. The number of benzene rings is 2. The van der Waals surface area contributed by atoms with Crippen LogP contribution >= 0.6 is 11.6 Å². The maximum atomic E-state index is 15.0. The summed E-state index contributed by atoms with van der Waals surface area (Å²) in [6.45, 7) is 0.160. The second-order valence-corrected chi connectivity index (χ2v) is 9.34. The van der Waals surface area contributed by atoms with Gasteiger partial charge in [-0.1, -0.05) is 29.8 Å². The molecule has 0 radical (unpaired) electrons. The van der Waals surface area contributed by atoms with Crippen LogP contribution in [0.25, 0.3) is 0 Å². The number of nitrogens with zero attached hydrogens (tertiary/aromatic N) is 2. The topological polar surface area (TPSA) is 126 Å². The summed E-state index contributed by atoms with van der Waals surface area (Å²) in [7, 11) is 0. The van der Waals surface area contributed by atoms with Gasteiger partial charge in [-0.05, 0) is 61.4 Å². The molecule has 2 aromatic rings. The van der Waals surface area contributed by atoms with Crippen LogP contribution in [0.4, 0.5) is 4.39 Å². The molecule has 0 saturated heterocycles. The zero-order valence-electron chi connectivity index (χ0n) is 18.8. The fourth-order valence-electron chi connectivity index (χ4n) is 4.59. The Bertz CT molecular complexity index is 1110. The lowest BCUT2D eigenvalue weighted by atomic mass is 9.81.